The highest BCUT2D eigenvalue weighted by Crippen LogP contribution is 2.20. The van der Waals surface area contributed by atoms with Gasteiger partial charge in [-0.3, -0.25) is 0 Å². The lowest BCUT2D eigenvalue weighted by molar-refractivity contribution is 0.477. The van der Waals surface area contributed by atoms with Gasteiger partial charge < -0.3 is 10.7 Å². The third-order valence-electron chi connectivity index (χ3n) is 2.71. The number of aromatic amines is 1. The fourth-order valence-electron chi connectivity index (χ4n) is 1.81. The third-order valence-corrected chi connectivity index (χ3v) is 2.71. The predicted octanol–water partition coefficient (Wildman–Crippen LogP) is 2.84. The summed E-state index contributed by atoms with van der Waals surface area (Å²) in [6, 6.07) is 8.51. The van der Waals surface area contributed by atoms with Gasteiger partial charge in [0.15, 0.2) is 0 Å². The molecule has 0 bridgehead atoms. The van der Waals surface area contributed by atoms with Crippen LogP contribution in [0.3, 0.4) is 0 Å². The summed E-state index contributed by atoms with van der Waals surface area (Å²) in [5.41, 5.74) is 8.51. The normalized spacial score (nSPS) is 12.2. The van der Waals surface area contributed by atoms with E-state index >= 15 is 0 Å². The highest BCUT2D eigenvalue weighted by molar-refractivity contribution is 5.82. The first-order valence-electron chi connectivity index (χ1n) is 5.40. The number of rotatable bonds is 3. The van der Waals surface area contributed by atoms with Crippen LogP contribution in [0.4, 0.5) is 0 Å². The molecule has 0 amide bonds. The van der Waals surface area contributed by atoms with Crippen molar-refractivity contribution in [2.24, 2.45) is 5.73 Å². The number of para-hydroxylation sites is 1. The Morgan fingerprint density at radius 3 is 2.80 bits per heavy atom. The van der Waals surface area contributed by atoms with Gasteiger partial charge in [0.2, 0.25) is 0 Å². The number of nitrogens with one attached hydrogen (secondary N) is 1. The molecule has 0 atom stereocenters. The van der Waals surface area contributed by atoms with Crippen molar-refractivity contribution in [3.63, 3.8) is 0 Å². The molecule has 3 N–H and O–H groups in total. The minimum Gasteiger partial charge on any atom is -0.361 e. The van der Waals surface area contributed by atoms with E-state index in [0.717, 1.165) is 12.8 Å². The fraction of sp³-hybridized carbons (Fsp3) is 0.385. The lowest BCUT2D eigenvalue weighted by atomic mass is 9.96. The summed E-state index contributed by atoms with van der Waals surface area (Å²) in [6.07, 6.45) is 4.02. The molecule has 0 aliphatic rings. The summed E-state index contributed by atoms with van der Waals surface area (Å²) >= 11 is 0. The summed E-state index contributed by atoms with van der Waals surface area (Å²) in [5.74, 6) is 0. The van der Waals surface area contributed by atoms with Crippen LogP contribution in [0.2, 0.25) is 0 Å². The molecule has 1 aromatic heterocycles. The first-order chi connectivity index (χ1) is 7.06. The number of hydrogen-bond donors (Lipinski definition) is 2. The minimum absolute atomic E-state index is 0.0885. The molecule has 0 radical (unpaired) electrons. The zero-order chi connectivity index (χ0) is 10.9. The van der Waals surface area contributed by atoms with E-state index in [1.807, 2.05) is 6.20 Å². The van der Waals surface area contributed by atoms with E-state index in [4.69, 9.17) is 5.73 Å². The number of aromatic nitrogens is 1. The summed E-state index contributed by atoms with van der Waals surface area (Å²) in [6.45, 7) is 4.14. The third kappa shape index (κ3) is 2.39. The van der Waals surface area contributed by atoms with Crippen LogP contribution >= 0.6 is 0 Å². The molecule has 0 fully saturated rings. The Hall–Kier alpha value is -1.28. The lowest BCUT2D eigenvalue weighted by Gasteiger charge is -2.18. The van der Waals surface area contributed by atoms with Crippen LogP contribution in [0.15, 0.2) is 30.5 Å². The SMILES string of the molecule is CC(C)(N)CCc1cccc2cc[nH]c12. The molecule has 0 saturated heterocycles. The van der Waals surface area contributed by atoms with Gasteiger partial charge in [-0.2, -0.15) is 0 Å². The van der Waals surface area contributed by atoms with Gasteiger partial charge in [-0.05, 0) is 43.7 Å². The molecule has 0 unspecified atom stereocenters. The Labute approximate surface area is 90.5 Å². The Morgan fingerprint density at radius 1 is 1.27 bits per heavy atom. The molecule has 80 valence electrons. The van der Waals surface area contributed by atoms with Crippen molar-refractivity contribution in [3.8, 4) is 0 Å². The Bertz CT molecular complexity index is 449. The average molecular weight is 202 g/mol. The topological polar surface area (TPSA) is 41.8 Å². The van der Waals surface area contributed by atoms with Gasteiger partial charge in [0.25, 0.3) is 0 Å². The maximum atomic E-state index is 5.99. The largest absolute Gasteiger partial charge is 0.361 e. The molecular weight excluding hydrogens is 184 g/mol. The first kappa shape index (κ1) is 10.2. The maximum absolute atomic E-state index is 5.99. The maximum Gasteiger partial charge on any atom is 0.0486 e. The Morgan fingerprint density at radius 2 is 2.07 bits per heavy atom. The van der Waals surface area contributed by atoms with E-state index in [0.29, 0.717) is 0 Å². The van der Waals surface area contributed by atoms with E-state index < -0.39 is 0 Å². The number of H-pyrrole nitrogens is 1. The number of nitrogens with two attached hydrogens (primary N) is 1. The molecule has 2 nitrogen and oxygen atoms in total. The minimum atomic E-state index is -0.0885. The average Bonchev–Trinajstić information content (AvgIpc) is 2.61. The van der Waals surface area contributed by atoms with Gasteiger partial charge in [-0.1, -0.05) is 18.2 Å². The summed E-state index contributed by atoms with van der Waals surface area (Å²) in [5, 5.41) is 1.28. The number of benzene rings is 1. The smallest absolute Gasteiger partial charge is 0.0486 e. The van der Waals surface area contributed by atoms with Gasteiger partial charge in [0, 0.05) is 17.3 Å². The van der Waals surface area contributed by atoms with Crippen molar-refractivity contribution in [1.82, 2.24) is 4.98 Å². The monoisotopic (exact) mass is 202 g/mol. The molecule has 2 aromatic rings. The number of hydrogen-bond acceptors (Lipinski definition) is 1. The van der Waals surface area contributed by atoms with Crippen molar-refractivity contribution in [2.45, 2.75) is 32.2 Å². The number of aryl methyl sites for hydroxylation is 1. The first-order valence-corrected chi connectivity index (χ1v) is 5.40. The molecule has 0 aliphatic heterocycles. The van der Waals surface area contributed by atoms with Crippen molar-refractivity contribution in [2.75, 3.05) is 0 Å². The number of fused-ring (bicyclic) bond motifs is 1. The second-order valence-corrected chi connectivity index (χ2v) is 4.85. The van der Waals surface area contributed by atoms with E-state index in [9.17, 15) is 0 Å². The second kappa shape index (κ2) is 3.70. The van der Waals surface area contributed by atoms with E-state index in [1.165, 1.54) is 16.5 Å². The molecule has 0 spiro atoms. The highest BCUT2D eigenvalue weighted by Gasteiger charge is 2.11. The Balaban J connectivity index is 2.24. The zero-order valence-corrected chi connectivity index (χ0v) is 9.38. The molecular formula is C13H18N2. The molecule has 15 heavy (non-hydrogen) atoms. The molecule has 1 heterocycles. The Kier molecular flexibility index (Phi) is 2.53. The second-order valence-electron chi connectivity index (χ2n) is 4.85. The van der Waals surface area contributed by atoms with E-state index in [-0.39, 0.29) is 5.54 Å². The van der Waals surface area contributed by atoms with Crippen molar-refractivity contribution >= 4 is 10.9 Å². The van der Waals surface area contributed by atoms with Gasteiger partial charge >= 0.3 is 0 Å². The van der Waals surface area contributed by atoms with Crippen molar-refractivity contribution < 1.29 is 0 Å². The molecule has 0 saturated carbocycles. The van der Waals surface area contributed by atoms with Gasteiger partial charge in [-0.25, -0.2) is 0 Å². The predicted molar refractivity (Wildman–Crippen MR) is 64.9 cm³/mol. The van der Waals surface area contributed by atoms with Crippen LogP contribution in [0, 0.1) is 0 Å². The molecule has 2 heteroatoms. The lowest BCUT2D eigenvalue weighted by Crippen LogP contribution is -2.32. The van der Waals surface area contributed by atoms with Crippen LogP contribution < -0.4 is 5.73 Å². The quantitative estimate of drug-likeness (QED) is 0.789. The zero-order valence-electron chi connectivity index (χ0n) is 9.38. The summed E-state index contributed by atoms with van der Waals surface area (Å²) in [7, 11) is 0. The molecule has 1 aromatic carbocycles. The van der Waals surface area contributed by atoms with Crippen LogP contribution in [0.1, 0.15) is 25.8 Å². The summed E-state index contributed by atoms with van der Waals surface area (Å²) < 4.78 is 0. The molecule has 0 aliphatic carbocycles. The van der Waals surface area contributed by atoms with Crippen molar-refractivity contribution in [1.29, 1.82) is 0 Å². The molecule has 2 rings (SSSR count). The van der Waals surface area contributed by atoms with Crippen LogP contribution in [0.25, 0.3) is 10.9 Å². The van der Waals surface area contributed by atoms with Crippen LogP contribution in [-0.4, -0.2) is 10.5 Å². The van der Waals surface area contributed by atoms with Gasteiger partial charge in [0.05, 0.1) is 0 Å². The summed E-state index contributed by atoms with van der Waals surface area (Å²) in [4.78, 5) is 3.28. The fourth-order valence-corrected chi connectivity index (χ4v) is 1.81. The van der Waals surface area contributed by atoms with Crippen molar-refractivity contribution in [3.05, 3.63) is 36.0 Å². The van der Waals surface area contributed by atoms with Crippen LogP contribution in [-0.2, 0) is 6.42 Å². The highest BCUT2D eigenvalue weighted by atomic mass is 14.7. The standard InChI is InChI=1S/C13H18N2/c1-13(2,14)8-6-10-4-3-5-11-7-9-15-12(10)11/h3-5,7,9,15H,6,8,14H2,1-2H3. The van der Waals surface area contributed by atoms with Crippen LogP contribution in [0.5, 0.6) is 0 Å². The van der Waals surface area contributed by atoms with E-state index in [1.54, 1.807) is 0 Å². The van der Waals surface area contributed by atoms with E-state index in [2.05, 4.69) is 43.1 Å². The van der Waals surface area contributed by atoms with Gasteiger partial charge in [0.1, 0.15) is 0 Å². The van der Waals surface area contributed by atoms with Gasteiger partial charge in [-0.15, -0.1) is 0 Å².